The van der Waals surface area contributed by atoms with Gasteiger partial charge < -0.3 is 5.32 Å². The lowest BCUT2D eigenvalue weighted by Gasteiger charge is -2.08. The average molecular weight is 435 g/mol. The summed E-state index contributed by atoms with van der Waals surface area (Å²) in [6, 6.07) is 5.10. The summed E-state index contributed by atoms with van der Waals surface area (Å²) in [6.07, 6.45) is 1.74. The van der Waals surface area contributed by atoms with Gasteiger partial charge in [0.05, 0.1) is 11.4 Å². The van der Waals surface area contributed by atoms with Gasteiger partial charge in [0.25, 0.3) is 0 Å². The van der Waals surface area contributed by atoms with Gasteiger partial charge >= 0.3 is 0 Å². The lowest BCUT2D eigenvalue weighted by molar-refractivity contribution is -0.113. The number of aromatic nitrogens is 3. The molecule has 3 rings (SSSR count). The molecule has 0 atom stereocenters. The number of carbonyl (C=O) groups is 1. The number of nitrogens with one attached hydrogen (secondary N) is 1. The molecule has 0 radical (unpaired) electrons. The van der Waals surface area contributed by atoms with Crippen LogP contribution in [0.25, 0.3) is 11.4 Å². The zero-order valence-electron chi connectivity index (χ0n) is 16.0. The number of anilines is 1. The second-order valence-corrected chi connectivity index (χ2v) is 8.44. The maximum Gasteiger partial charge on any atom is 0.234 e. The number of hydrogen-bond donors (Lipinski definition) is 1. The molecule has 0 saturated heterocycles. The molecule has 5 nitrogen and oxygen atoms in total. The Labute approximate surface area is 175 Å². The smallest absolute Gasteiger partial charge is 0.234 e. The van der Waals surface area contributed by atoms with Crippen LogP contribution in [0.3, 0.4) is 0 Å². The SMILES string of the molecule is C=CCn1c(SCC(=O)Nc2ccc(F)cc2F)nnc1-c1csc(C(C)C)c1. The van der Waals surface area contributed by atoms with Crippen molar-refractivity contribution in [1.82, 2.24) is 14.8 Å². The Balaban J connectivity index is 1.72. The normalized spacial score (nSPS) is 11.1. The molecule has 0 fully saturated rings. The van der Waals surface area contributed by atoms with E-state index in [1.54, 1.807) is 17.4 Å². The van der Waals surface area contributed by atoms with Crippen molar-refractivity contribution >= 4 is 34.7 Å². The van der Waals surface area contributed by atoms with E-state index in [1.165, 1.54) is 22.7 Å². The van der Waals surface area contributed by atoms with Crippen molar-refractivity contribution in [3.05, 3.63) is 58.8 Å². The van der Waals surface area contributed by atoms with Crippen molar-refractivity contribution in [1.29, 1.82) is 0 Å². The first-order valence-corrected chi connectivity index (χ1v) is 10.8. The number of benzene rings is 1. The number of thioether (sulfide) groups is 1. The van der Waals surface area contributed by atoms with E-state index in [0.717, 1.165) is 17.7 Å². The van der Waals surface area contributed by atoms with Gasteiger partial charge in [0.2, 0.25) is 5.91 Å². The van der Waals surface area contributed by atoms with E-state index < -0.39 is 17.5 Å². The molecule has 1 N–H and O–H groups in total. The highest BCUT2D eigenvalue weighted by molar-refractivity contribution is 7.99. The van der Waals surface area contributed by atoms with E-state index in [0.29, 0.717) is 23.4 Å². The van der Waals surface area contributed by atoms with Gasteiger partial charge in [0.1, 0.15) is 11.6 Å². The van der Waals surface area contributed by atoms with Crippen LogP contribution in [-0.2, 0) is 11.3 Å². The molecular formula is C20H20F2N4OS2. The number of halogens is 2. The summed E-state index contributed by atoms with van der Waals surface area (Å²) in [6.45, 7) is 8.54. The molecule has 0 saturated carbocycles. The van der Waals surface area contributed by atoms with Crippen molar-refractivity contribution in [3.8, 4) is 11.4 Å². The van der Waals surface area contributed by atoms with Crippen LogP contribution in [0.15, 0.2) is 47.5 Å². The molecule has 0 bridgehead atoms. The maximum absolute atomic E-state index is 13.7. The minimum absolute atomic E-state index is 0.00692. The van der Waals surface area contributed by atoms with Gasteiger partial charge in [0, 0.05) is 28.4 Å². The second-order valence-electron chi connectivity index (χ2n) is 6.56. The van der Waals surface area contributed by atoms with Crippen LogP contribution in [0.2, 0.25) is 0 Å². The van der Waals surface area contributed by atoms with Gasteiger partial charge in [-0.2, -0.15) is 0 Å². The van der Waals surface area contributed by atoms with E-state index in [2.05, 4.69) is 42.0 Å². The van der Waals surface area contributed by atoms with Crippen LogP contribution < -0.4 is 5.32 Å². The maximum atomic E-state index is 13.7. The summed E-state index contributed by atoms with van der Waals surface area (Å²) in [5.41, 5.74) is 0.905. The number of nitrogens with zero attached hydrogens (tertiary/aromatic N) is 3. The summed E-state index contributed by atoms with van der Waals surface area (Å²) < 4.78 is 28.6. The summed E-state index contributed by atoms with van der Waals surface area (Å²) in [5, 5.41) is 13.5. The first-order valence-electron chi connectivity index (χ1n) is 8.89. The number of thiophene rings is 1. The van der Waals surface area contributed by atoms with E-state index in [4.69, 9.17) is 0 Å². The standard InChI is InChI=1S/C20H20F2N4OS2/c1-4-7-26-19(13-8-17(12(2)3)28-10-13)24-25-20(26)29-11-18(27)23-16-6-5-14(21)9-15(16)22/h4-6,8-10,12H,1,7,11H2,2-3H3,(H,23,27). The minimum atomic E-state index is -0.820. The lowest BCUT2D eigenvalue weighted by Crippen LogP contribution is -2.15. The van der Waals surface area contributed by atoms with Crippen LogP contribution in [0.5, 0.6) is 0 Å². The highest BCUT2D eigenvalue weighted by Gasteiger charge is 2.17. The molecule has 9 heteroatoms. The van der Waals surface area contributed by atoms with Crippen molar-refractivity contribution < 1.29 is 13.6 Å². The Morgan fingerprint density at radius 2 is 2.14 bits per heavy atom. The monoisotopic (exact) mass is 434 g/mol. The fourth-order valence-electron chi connectivity index (χ4n) is 2.58. The third-order valence-corrected chi connectivity index (χ3v) is 6.21. The summed E-state index contributed by atoms with van der Waals surface area (Å²) in [5.74, 6) is -0.803. The van der Waals surface area contributed by atoms with Crippen molar-refractivity contribution in [2.75, 3.05) is 11.1 Å². The quantitative estimate of drug-likeness (QED) is 0.385. The third-order valence-electron chi connectivity index (χ3n) is 4.01. The number of amides is 1. The number of hydrogen-bond acceptors (Lipinski definition) is 5. The van der Waals surface area contributed by atoms with Crippen molar-refractivity contribution in [2.45, 2.75) is 31.5 Å². The number of allylic oxidation sites excluding steroid dienone is 1. The fraction of sp³-hybridized carbons (Fsp3) is 0.250. The fourth-order valence-corrected chi connectivity index (χ4v) is 4.23. The molecular weight excluding hydrogens is 414 g/mol. The van der Waals surface area contributed by atoms with Crippen LogP contribution >= 0.6 is 23.1 Å². The second kappa shape index (κ2) is 9.32. The van der Waals surface area contributed by atoms with Crippen LogP contribution in [0.4, 0.5) is 14.5 Å². The van der Waals surface area contributed by atoms with E-state index in [9.17, 15) is 13.6 Å². The van der Waals surface area contributed by atoms with Crippen LogP contribution in [0.1, 0.15) is 24.6 Å². The Morgan fingerprint density at radius 1 is 1.34 bits per heavy atom. The molecule has 0 spiro atoms. The third kappa shape index (κ3) is 5.10. The average Bonchev–Trinajstić information content (AvgIpc) is 3.30. The molecule has 2 aromatic heterocycles. The van der Waals surface area contributed by atoms with Gasteiger partial charge in [-0.15, -0.1) is 28.1 Å². The molecule has 2 heterocycles. The topological polar surface area (TPSA) is 59.8 Å². The lowest BCUT2D eigenvalue weighted by atomic mass is 10.1. The van der Waals surface area contributed by atoms with Gasteiger partial charge in [-0.1, -0.05) is 31.7 Å². The molecule has 0 aliphatic heterocycles. The van der Waals surface area contributed by atoms with Gasteiger partial charge in [0.15, 0.2) is 11.0 Å². The molecule has 3 aromatic rings. The van der Waals surface area contributed by atoms with E-state index >= 15 is 0 Å². The molecule has 0 aliphatic carbocycles. The Kier molecular flexibility index (Phi) is 6.81. The Hall–Kier alpha value is -2.52. The highest BCUT2D eigenvalue weighted by atomic mass is 32.2. The predicted octanol–water partition coefficient (Wildman–Crippen LogP) is 5.33. The van der Waals surface area contributed by atoms with Gasteiger partial charge in [-0.3, -0.25) is 9.36 Å². The minimum Gasteiger partial charge on any atom is -0.323 e. The van der Waals surface area contributed by atoms with Crippen LogP contribution in [0, 0.1) is 11.6 Å². The number of rotatable bonds is 8. The summed E-state index contributed by atoms with van der Waals surface area (Å²) in [7, 11) is 0. The molecule has 0 unspecified atom stereocenters. The molecule has 1 amide bonds. The first kappa shape index (κ1) is 21.2. The zero-order valence-corrected chi connectivity index (χ0v) is 17.6. The van der Waals surface area contributed by atoms with E-state index in [-0.39, 0.29) is 11.4 Å². The summed E-state index contributed by atoms with van der Waals surface area (Å²) >= 11 is 2.86. The molecule has 152 valence electrons. The molecule has 1 aromatic carbocycles. The zero-order chi connectivity index (χ0) is 21.0. The summed E-state index contributed by atoms with van der Waals surface area (Å²) in [4.78, 5) is 13.4. The van der Waals surface area contributed by atoms with Gasteiger partial charge in [-0.05, 0) is 24.1 Å². The largest absolute Gasteiger partial charge is 0.323 e. The number of carbonyl (C=O) groups excluding carboxylic acids is 1. The van der Waals surface area contributed by atoms with E-state index in [1.807, 2.05) is 9.95 Å². The first-order chi connectivity index (χ1) is 13.9. The van der Waals surface area contributed by atoms with Crippen molar-refractivity contribution in [2.24, 2.45) is 0 Å². The molecule has 0 aliphatic rings. The Bertz CT molecular complexity index is 1030. The van der Waals surface area contributed by atoms with Crippen LogP contribution in [-0.4, -0.2) is 26.4 Å². The predicted molar refractivity (Wildman–Crippen MR) is 113 cm³/mol. The Morgan fingerprint density at radius 3 is 2.79 bits per heavy atom. The van der Waals surface area contributed by atoms with Crippen molar-refractivity contribution in [3.63, 3.8) is 0 Å². The highest BCUT2D eigenvalue weighted by Crippen LogP contribution is 2.31. The van der Waals surface area contributed by atoms with Gasteiger partial charge in [-0.25, -0.2) is 8.78 Å². The molecule has 29 heavy (non-hydrogen) atoms.